The van der Waals surface area contributed by atoms with E-state index in [1.807, 2.05) is 0 Å². The van der Waals surface area contributed by atoms with Crippen LogP contribution in [0.25, 0.3) is 0 Å². The van der Waals surface area contributed by atoms with E-state index >= 15 is 0 Å². The van der Waals surface area contributed by atoms with Gasteiger partial charge in [0, 0.05) is 25.9 Å². The van der Waals surface area contributed by atoms with Crippen LogP contribution in [-0.4, -0.2) is 72.8 Å². The fourth-order valence-electron chi connectivity index (χ4n) is 1.24. The van der Waals surface area contributed by atoms with E-state index in [1.165, 1.54) is 0 Å². The van der Waals surface area contributed by atoms with Crippen LogP contribution in [-0.2, 0) is 23.7 Å². The molecule has 0 aliphatic rings. The average molecular weight is 282 g/mol. The normalized spacial score (nSPS) is 11.3. The number of hydrogen-bond donors (Lipinski definition) is 1. The predicted molar refractivity (Wildman–Crippen MR) is 73.6 cm³/mol. The lowest BCUT2D eigenvalue weighted by molar-refractivity contribution is -0.0210. The summed E-state index contributed by atoms with van der Waals surface area (Å²) in [6.45, 7) is 4.90. The third kappa shape index (κ3) is 12.6. The quantitative estimate of drug-likeness (QED) is 0.378. The summed E-state index contributed by atoms with van der Waals surface area (Å²) in [4.78, 5) is 0. The summed E-state index contributed by atoms with van der Waals surface area (Å²) in [6.07, 6.45) is 0. The minimum Gasteiger partial charge on any atom is -0.382 e. The Kier molecular flexibility index (Phi) is 15.3. The molecule has 0 atom stereocenters. The molecule has 0 aromatic rings. The summed E-state index contributed by atoms with van der Waals surface area (Å²) in [5, 5.41) is 0. The molecule has 0 N–H and O–H groups in total. The molecule has 0 heterocycles. The van der Waals surface area contributed by atoms with Crippen LogP contribution in [0.2, 0.25) is 0 Å². The molecular weight excluding hydrogens is 256 g/mol. The van der Waals surface area contributed by atoms with Gasteiger partial charge in [-0.3, -0.25) is 0 Å². The molecule has 0 aromatic carbocycles. The van der Waals surface area contributed by atoms with E-state index in [-0.39, 0.29) is 5.92 Å². The van der Waals surface area contributed by atoms with Crippen LogP contribution < -0.4 is 0 Å². The Morgan fingerprint density at radius 3 is 1.56 bits per heavy atom. The Balaban J connectivity index is 3.62. The van der Waals surface area contributed by atoms with Crippen LogP contribution >= 0.6 is 12.6 Å². The molecule has 0 fully saturated rings. The highest BCUT2D eigenvalue weighted by Gasteiger charge is 2.10. The summed E-state index contributed by atoms with van der Waals surface area (Å²) in [7, 11) is 3.31. The second-order valence-electron chi connectivity index (χ2n) is 3.80. The Labute approximate surface area is 115 Å². The van der Waals surface area contributed by atoms with Crippen LogP contribution in [0.15, 0.2) is 0 Å². The van der Waals surface area contributed by atoms with Gasteiger partial charge in [-0.1, -0.05) is 0 Å². The SMILES string of the molecule is COCCOCC(COCCS)COCCOC. The number of ether oxygens (including phenoxy) is 5. The lowest BCUT2D eigenvalue weighted by atomic mass is 10.2. The van der Waals surface area contributed by atoms with E-state index in [2.05, 4.69) is 12.6 Å². The molecule has 0 spiro atoms. The van der Waals surface area contributed by atoms with Crippen molar-refractivity contribution in [1.29, 1.82) is 0 Å². The summed E-state index contributed by atoms with van der Waals surface area (Å²) in [5.41, 5.74) is 0. The Morgan fingerprint density at radius 2 is 1.17 bits per heavy atom. The monoisotopic (exact) mass is 282 g/mol. The van der Waals surface area contributed by atoms with E-state index in [0.29, 0.717) is 52.9 Å². The highest BCUT2D eigenvalue weighted by Crippen LogP contribution is 2.01. The van der Waals surface area contributed by atoms with Crippen molar-refractivity contribution in [3.8, 4) is 0 Å². The van der Waals surface area contributed by atoms with E-state index in [1.54, 1.807) is 14.2 Å². The van der Waals surface area contributed by atoms with Gasteiger partial charge in [-0.25, -0.2) is 0 Å². The highest BCUT2D eigenvalue weighted by molar-refractivity contribution is 7.80. The molecule has 0 saturated heterocycles. The van der Waals surface area contributed by atoms with Gasteiger partial charge in [0.05, 0.1) is 52.9 Å². The molecule has 0 radical (unpaired) electrons. The molecular formula is C12H26O5S. The molecule has 0 bridgehead atoms. The molecule has 0 aliphatic carbocycles. The number of rotatable bonds is 14. The van der Waals surface area contributed by atoms with Crippen LogP contribution in [0.1, 0.15) is 0 Å². The first-order chi connectivity index (χ1) is 8.85. The molecule has 6 heteroatoms. The van der Waals surface area contributed by atoms with Crippen LogP contribution in [0.3, 0.4) is 0 Å². The number of thiol groups is 1. The van der Waals surface area contributed by atoms with Crippen molar-refractivity contribution >= 4 is 12.6 Å². The molecule has 0 aliphatic heterocycles. The van der Waals surface area contributed by atoms with Gasteiger partial charge in [0.2, 0.25) is 0 Å². The van der Waals surface area contributed by atoms with E-state index in [4.69, 9.17) is 23.7 Å². The molecule has 5 nitrogen and oxygen atoms in total. The van der Waals surface area contributed by atoms with Crippen molar-refractivity contribution < 1.29 is 23.7 Å². The van der Waals surface area contributed by atoms with E-state index in [0.717, 1.165) is 5.75 Å². The van der Waals surface area contributed by atoms with Crippen molar-refractivity contribution in [3.63, 3.8) is 0 Å². The fourth-order valence-corrected chi connectivity index (χ4v) is 1.37. The molecule has 0 amide bonds. The maximum Gasteiger partial charge on any atom is 0.0700 e. The standard InChI is InChI=1S/C12H26O5S/c1-13-3-5-15-9-12(11-17-7-8-18)10-16-6-4-14-2/h12,18H,3-11H2,1-2H3. The van der Waals surface area contributed by atoms with Gasteiger partial charge >= 0.3 is 0 Å². The third-order valence-corrected chi connectivity index (χ3v) is 2.34. The van der Waals surface area contributed by atoms with Gasteiger partial charge in [0.1, 0.15) is 0 Å². The van der Waals surface area contributed by atoms with Crippen LogP contribution in [0, 0.1) is 5.92 Å². The first-order valence-corrected chi connectivity index (χ1v) is 6.80. The fraction of sp³-hybridized carbons (Fsp3) is 1.00. The molecule has 110 valence electrons. The van der Waals surface area contributed by atoms with Gasteiger partial charge in [-0.2, -0.15) is 12.6 Å². The van der Waals surface area contributed by atoms with Crippen LogP contribution in [0.5, 0.6) is 0 Å². The lowest BCUT2D eigenvalue weighted by Crippen LogP contribution is -2.24. The van der Waals surface area contributed by atoms with Crippen molar-refractivity contribution in [2.45, 2.75) is 0 Å². The lowest BCUT2D eigenvalue weighted by Gasteiger charge is -2.17. The second-order valence-corrected chi connectivity index (χ2v) is 4.25. The third-order valence-electron chi connectivity index (χ3n) is 2.16. The van der Waals surface area contributed by atoms with Crippen molar-refractivity contribution in [2.24, 2.45) is 5.92 Å². The molecule has 0 saturated carbocycles. The zero-order chi connectivity index (χ0) is 13.5. The smallest absolute Gasteiger partial charge is 0.0700 e. The summed E-state index contributed by atoms with van der Waals surface area (Å²) < 4.78 is 26.3. The Bertz CT molecular complexity index is 147. The summed E-state index contributed by atoms with van der Waals surface area (Å²) in [6, 6.07) is 0. The predicted octanol–water partition coefficient (Wildman–Crippen LogP) is 0.875. The average Bonchev–Trinajstić information content (AvgIpc) is 2.39. The van der Waals surface area contributed by atoms with E-state index in [9.17, 15) is 0 Å². The molecule has 0 rings (SSSR count). The highest BCUT2D eigenvalue weighted by atomic mass is 32.1. The number of methoxy groups -OCH3 is 2. The summed E-state index contributed by atoms with van der Waals surface area (Å²) in [5.74, 6) is 0.959. The minimum atomic E-state index is 0.235. The van der Waals surface area contributed by atoms with Gasteiger partial charge in [-0.05, 0) is 0 Å². The van der Waals surface area contributed by atoms with Gasteiger partial charge in [0.25, 0.3) is 0 Å². The number of hydrogen-bond acceptors (Lipinski definition) is 6. The van der Waals surface area contributed by atoms with Gasteiger partial charge < -0.3 is 23.7 Å². The Morgan fingerprint density at radius 1 is 0.722 bits per heavy atom. The topological polar surface area (TPSA) is 46.2 Å². The van der Waals surface area contributed by atoms with Crippen molar-refractivity contribution in [2.75, 3.05) is 72.8 Å². The van der Waals surface area contributed by atoms with E-state index < -0.39 is 0 Å². The second kappa shape index (κ2) is 15.2. The van der Waals surface area contributed by atoms with Crippen molar-refractivity contribution in [1.82, 2.24) is 0 Å². The van der Waals surface area contributed by atoms with Gasteiger partial charge in [0.15, 0.2) is 0 Å². The Hall–Kier alpha value is 0.150. The molecule has 18 heavy (non-hydrogen) atoms. The summed E-state index contributed by atoms with van der Waals surface area (Å²) >= 11 is 4.10. The maximum atomic E-state index is 5.49. The molecule has 0 aromatic heterocycles. The van der Waals surface area contributed by atoms with Gasteiger partial charge in [-0.15, -0.1) is 0 Å². The zero-order valence-corrected chi connectivity index (χ0v) is 12.3. The molecule has 0 unspecified atom stereocenters. The zero-order valence-electron chi connectivity index (χ0n) is 11.4. The van der Waals surface area contributed by atoms with Crippen molar-refractivity contribution in [3.05, 3.63) is 0 Å². The first kappa shape index (κ1) is 18.1. The minimum absolute atomic E-state index is 0.235. The maximum absolute atomic E-state index is 5.49. The van der Waals surface area contributed by atoms with Crippen LogP contribution in [0.4, 0.5) is 0 Å². The largest absolute Gasteiger partial charge is 0.382 e. The first-order valence-electron chi connectivity index (χ1n) is 6.17.